The summed E-state index contributed by atoms with van der Waals surface area (Å²) in [5.41, 5.74) is -0.186. The summed E-state index contributed by atoms with van der Waals surface area (Å²) in [6, 6.07) is 3.84. The first kappa shape index (κ1) is 10.3. The van der Waals surface area contributed by atoms with Crippen LogP contribution in [0.2, 0.25) is 5.02 Å². The molecule has 0 aliphatic rings. The van der Waals surface area contributed by atoms with E-state index in [0.717, 1.165) is 0 Å². The van der Waals surface area contributed by atoms with Gasteiger partial charge in [-0.2, -0.15) is 0 Å². The van der Waals surface area contributed by atoms with Crippen LogP contribution in [0.5, 0.6) is 0 Å². The number of benzene rings is 1. The average Bonchev–Trinajstić information content (AvgIpc) is 2.01. The highest BCUT2D eigenvalue weighted by molar-refractivity contribution is 6.31. The Morgan fingerprint density at radius 3 is 2.43 bits per heavy atom. The van der Waals surface area contributed by atoms with Crippen LogP contribution in [0.15, 0.2) is 18.2 Å². The summed E-state index contributed by atoms with van der Waals surface area (Å²) < 4.78 is 0. The molecule has 1 amide bonds. The monoisotopic (exact) mass is 215 g/mol. The number of aromatic carboxylic acids is 1. The predicted octanol–water partition coefficient (Wildman–Crippen LogP) is 2.13. The molecular weight excluding hydrogens is 210 g/mol. The molecule has 1 rings (SSSR count). The minimum Gasteiger partial charge on any atom is -0.478 e. The van der Waals surface area contributed by atoms with E-state index >= 15 is 0 Å². The first-order chi connectivity index (χ1) is 6.50. The van der Waals surface area contributed by atoms with Gasteiger partial charge in [-0.3, -0.25) is 5.32 Å². The molecule has 0 spiro atoms. The van der Waals surface area contributed by atoms with Crippen molar-refractivity contribution in [2.24, 2.45) is 0 Å². The van der Waals surface area contributed by atoms with Gasteiger partial charge in [0.1, 0.15) is 0 Å². The maximum Gasteiger partial charge on any atom is 0.409 e. The number of carboxylic acids is 1. The number of carbonyl (C=O) groups is 2. The van der Waals surface area contributed by atoms with Crippen molar-refractivity contribution in [3.05, 3.63) is 28.8 Å². The Bertz CT molecular complexity index is 391. The molecule has 74 valence electrons. The third-order valence-electron chi connectivity index (χ3n) is 1.45. The van der Waals surface area contributed by atoms with Gasteiger partial charge in [0, 0.05) is 5.02 Å². The number of nitrogens with one attached hydrogen (secondary N) is 1. The lowest BCUT2D eigenvalue weighted by Gasteiger charge is -2.05. The Morgan fingerprint density at radius 2 is 1.93 bits per heavy atom. The predicted molar refractivity (Wildman–Crippen MR) is 50.1 cm³/mol. The molecular formula is C8H6ClNO4. The second-order valence-corrected chi connectivity index (χ2v) is 2.86. The van der Waals surface area contributed by atoms with Gasteiger partial charge in [0.25, 0.3) is 0 Å². The summed E-state index contributed by atoms with van der Waals surface area (Å²) in [4.78, 5) is 20.9. The van der Waals surface area contributed by atoms with Gasteiger partial charge in [0.2, 0.25) is 0 Å². The lowest BCUT2D eigenvalue weighted by Crippen LogP contribution is -2.11. The quantitative estimate of drug-likeness (QED) is 0.705. The minimum atomic E-state index is -1.34. The lowest BCUT2D eigenvalue weighted by molar-refractivity contribution is 0.0698. The van der Waals surface area contributed by atoms with E-state index < -0.39 is 12.1 Å². The Labute approximate surface area is 83.9 Å². The fourth-order valence-corrected chi connectivity index (χ4v) is 1.09. The number of carboxylic acid groups (broad SMARTS) is 2. The molecule has 0 bridgehead atoms. The molecule has 0 radical (unpaired) electrons. The summed E-state index contributed by atoms with van der Waals surface area (Å²) >= 11 is 5.58. The van der Waals surface area contributed by atoms with Gasteiger partial charge in [0.05, 0.1) is 11.3 Å². The highest BCUT2D eigenvalue weighted by Gasteiger charge is 2.11. The fraction of sp³-hybridized carbons (Fsp3) is 0. The molecule has 0 unspecified atom stereocenters. The van der Waals surface area contributed by atoms with Crippen LogP contribution in [0.1, 0.15) is 10.4 Å². The zero-order valence-corrected chi connectivity index (χ0v) is 7.58. The van der Waals surface area contributed by atoms with Gasteiger partial charge < -0.3 is 10.2 Å². The largest absolute Gasteiger partial charge is 0.478 e. The first-order valence-electron chi connectivity index (χ1n) is 3.53. The second-order valence-electron chi connectivity index (χ2n) is 2.43. The van der Waals surface area contributed by atoms with Crippen molar-refractivity contribution in [1.29, 1.82) is 0 Å². The van der Waals surface area contributed by atoms with Crippen molar-refractivity contribution in [1.82, 2.24) is 0 Å². The van der Waals surface area contributed by atoms with Gasteiger partial charge in [-0.1, -0.05) is 11.6 Å². The Balaban J connectivity index is 3.15. The number of rotatable bonds is 2. The summed E-state index contributed by atoms with van der Waals surface area (Å²) in [6.07, 6.45) is -1.34. The molecule has 0 atom stereocenters. The zero-order valence-electron chi connectivity index (χ0n) is 6.82. The molecule has 0 aromatic heterocycles. The van der Waals surface area contributed by atoms with Crippen LogP contribution in [0, 0.1) is 0 Å². The highest BCUT2D eigenvalue weighted by atomic mass is 35.5. The van der Waals surface area contributed by atoms with Gasteiger partial charge in [-0.25, -0.2) is 9.59 Å². The molecule has 0 saturated heterocycles. The minimum absolute atomic E-state index is 0.0440. The normalized spacial score (nSPS) is 9.50. The van der Waals surface area contributed by atoms with Crippen molar-refractivity contribution >= 4 is 29.4 Å². The Hall–Kier alpha value is -1.75. The van der Waals surface area contributed by atoms with Crippen LogP contribution in [-0.2, 0) is 0 Å². The third kappa shape index (κ3) is 2.37. The molecule has 3 N–H and O–H groups in total. The maximum atomic E-state index is 10.6. The third-order valence-corrected chi connectivity index (χ3v) is 1.69. The summed E-state index contributed by atoms with van der Waals surface area (Å²) in [7, 11) is 0. The van der Waals surface area contributed by atoms with Crippen molar-refractivity contribution in [2.75, 3.05) is 5.32 Å². The van der Waals surface area contributed by atoms with Crippen molar-refractivity contribution in [3.8, 4) is 0 Å². The number of halogens is 1. The molecule has 0 aliphatic carbocycles. The number of amides is 1. The topological polar surface area (TPSA) is 86.6 Å². The van der Waals surface area contributed by atoms with Crippen LogP contribution in [0.25, 0.3) is 0 Å². The van der Waals surface area contributed by atoms with Gasteiger partial charge in [-0.05, 0) is 18.2 Å². The molecule has 1 aromatic carbocycles. The van der Waals surface area contributed by atoms with Gasteiger partial charge >= 0.3 is 12.1 Å². The van der Waals surface area contributed by atoms with E-state index in [1.165, 1.54) is 18.2 Å². The molecule has 1 aromatic rings. The van der Waals surface area contributed by atoms with E-state index in [0.29, 0.717) is 0 Å². The van der Waals surface area contributed by atoms with Crippen LogP contribution in [0.4, 0.5) is 10.5 Å². The number of anilines is 1. The average molecular weight is 216 g/mol. The fourth-order valence-electron chi connectivity index (χ4n) is 0.922. The van der Waals surface area contributed by atoms with E-state index in [2.05, 4.69) is 0 Å². The van der Waals surface area contributed by atoms with Crippen LogP contribution >= 0.6 is 11.6 Å². The standard InChI is InChI=1S/C8H6ClNO4/c9-4-1-2-5(7(11)12)6(3-4)10-8(13)14/h1-3,10H,(H,11,12)(H,13,14). The van der Waals surface area contributed by atoms with E-state index in [9.17, 15) is 9.59 Å². The summed E-state index contributed by atoms with van der Waals surface area (Å²) in [5, 5.41) is 19.3. The Morgan fingerprint density at radius 1 is 1.29 bits per heavy atom. The molecule has 6 heteroatoms. The van der Waals surface area contributed by atoms with E-state index in [1.807, 2.05) is 5.32 Å². The molecule has 0 aliphatic heterocycles. The van der Waals surface area contributed by atoms with Crippen molar-refractivity contribution < 1.29 is 19.8 Å². The van der Waals surface area contributed by atoms with Gasteiger partial charge in [0.15, 0.2) is 0 Å². The van der Waals surface area contributed by atoms with Crippen molar-refractivity contribution in [3.63, 3.8) is 0 Å². The smallest absolute Gasteiger partial charge is 0.409 e. The molecule has 0 saturated carbocycles. The van der Waals surface area contributed by atoms with Crippen LogP contribution in [-0.4, -0.2) is 22.3 Å². The lowest BCUT2D eigenvalue weighted by atomic mass is 10.2. The molecule has 0 fully saturated rings. The zero-order chi connectivity index (χ0) is 10.7. The van der Waals surface area contributed by atoms with E-state index in [1.54, 1.807) is 0 Å². The van der Waals surface area contributed by atoms with E-state index in [4.69, 9.17) is 21.8 Å². The molecule has 0 heterocycles. The summed E-state index contributed by atoms with van der Waals surface area (Å²) in [5.74, 6) is -1.22. The van der Waals surface area contributed by atoms with Gasteiger partial charge in [-0.15, -0.1) is 0 Å². The maximum absolute atomic E-state index is 10.6. The SMILES string of the molecule is O=C(O)Nc1cc(Cl)ccc1C(=O)O. The number of hydrogen-bond donors (Lipinski definition) is 3. The second kappa shape index (κ2) is 3.97. The van der Waals surface area contributed by atoms with Crippen molar-refractivity contribution in [2.45, 2.75) is 0 Å². The van der Waals surface area contributed by atoms with Crippen LogP contribution < -0.4 is 5.32 Å². The first-order valence-corrected chi connectivity index (χ1v) is 3.91. The van der Waals surface area contributed by atoms with Crippen LogP contribution in [0.3, 0.4) is 0 Å². The summed E-state index contributed by atoms with van der Waals surface area (Å²) in [6.45, 7) is 0. The van der Waals surface area contributed by atoms with E-state index in [-0.39, 0.29) is 16.3 Å². The molecule has 5 nitrogen and oxygen atoms in total. The number of hydrogen-bond acceptors (Lipinski definition) is 2. The molecule has 14 heavy (non-hydrogen) atoms. The highest BCUT2D eigenvalue weighted by Crippen LogP contribution is 2.20. The Kier molecular flexibility index (Phi) is 2.93.